The van der Waals surface area contributed by atoms with Gasteiger partial charge < -0.3 is 14.5 Å². The third-order valence-corrected chi connectivity index (χ3v) is 9.62. The molecule has 0 spiro atoms. The number of hydrogen-bond donors (Lipinski definition) is 0. The number of ether oxygens (including phenoxy) is 1. The first kappa shape index (κ1) is 38.6. The molecule has 4 aromatic carbocycles. The Kier molecular flexibility index (Phi) is 12.7. The second kappa shape index (κ2) is 17.8. The Hall–Kier alpha value is -5.15. The van der Waals surface area contributed by atoms with E-state index in [2.05, 4.69) is 153 Å². The molecule has 10 heteroatoms. The average Bonchev–Trinajstić information content (AvgIpc) is 3.77. The van der Waals surface area contributed by atoms with E-state index in [9.17, 15) is 0 Å². The van der Waals surface area contributed by atoms with Gasteiger partial charge in [0, 0.05) is 68.6 Å². The predicted molar refractivity (Wildman–Crippen MR) is 214 cm³/mol. The molecule has 9 nitrogen and oxygen atoms in total. The zero-order valence-electron chi connectivity index (χ0n) is 31.5. The number of nitrogens with zero attached hydrogens (tertiary/aromatic N) is 8. The predicted octanol–water partition coefficient (Wildman–Crippen LogP) is 10.0. The van der Waals surface area contributed by atoms with Crippen LogP contribution in [0, 0.1) is 12.7 Å². The van der Waals surface area contributed by atoms with Crippen LogP contribution in [0.1, 0.15) is 56.9 Å². The molecule has 0 amide bonds. The van der Waals surface area contributed by atoms with Gasteiger partial charge in [0.15, 0.2) is 11.6 Å². The molecule has 2 aliphatic heterocycles. The maximum Gasteiger partial charge on any atom is 0.221 e. The molecule has 0 saturated heterocycles. The molecule has 0 bridgehead atoms. The molecule has 6 aromatic rings. The summed E-state index contributed by atoms with van der Waals surface area (Å²) in [4.78, 5) is 26.7. The van der Waals surface area contributed by atoms with Gasteiger partial charge in [0.25, 0.3) is 0 Å². The number of hydrogen-bond acceptors (Lipinski definition) is 9. The number of aryl methyl sites for hydroxylation is 4. The summed E-state index contributed by atoms with van der Waals surface area (Å²) in [7, 11) is 0. The van der Waals surface area contributed by atoms with Crippen LogP contribution < -0.4 is 19.6 Å². The molecule has 0 atom stereocenters. The summed E-state index contributed by atoms with van der Waals surface area (Å²) in [5, 5.41) is 0. The molecular weight excluding hydrogens is 849 g/mol. The molecule has 54 heavy (non-hydrogen) atoms. The zero-order valence-corrected chi connectivity index (χ0v) is 33.9. The summed E-state index contributed by atoms with van der Waals surface area (Å²) in [6, 6.07) is 35.3. The van der Waals surface area contributed by atoms with Crippen LogP contribution in [-0.4, -0.2) is 32.9 Å². The van der Waals surface area contributed by atoms with Crippen LogP contribution in [-0.2, 0) is 50.5 Å². The third-order valence-electron chi connectivity index (χ3n) is 9.62. The van der Waals surface area contributed by atoms with Crippen LogP contribution in [0.4, 0.5) is 46.0 Å². The van der Waals surface area contributed by atoms with Crippen LogP contribution >= 0.6 is 0 Å². The first-order chi connectivity index (χ1) is 26.1. The molecule has 0 saturated carbocycles. The Morgan fingerprint density at radius 1 is 0.519 bits per heavy atom. The zero-order chi connectivity index (χ0) is 36.7. The maximum absolute atomic E-state index is 6.20. The van der Waals surface area contributed by atoms with Gasteiger partial charge in [0.2, 0.25) is 6.35 Å². The van der Waals surface area contributed by atoms with Crippen molar-refractivity contribution in [2.24, 2.45) is 0 Å². The van der Waals surface area contributed by atoms with Crippen molar-refractivity contribution in [1.29, 1.82) is 0 Å². The van der Waals surface area contributed by atoms with Crippen molar-refractivity contribution in [2.75, 3.05) is 26.2 Å². The van der Waals surface area contributed by atoms with E-state index in [0.717, 1.165) is 71.7 Å². The Bertz CT molecular complexity index is 1950. The minimum absolute atomic E-state index is 0. The van der Waals surface area contributed by atoms with Gasteiger partial charge in [-0.2, -0.15) is 23.8 Å². The maximum atomic E-state index is 6.20. The van der Waals surface area contributed by atoms with Gasteiger partial charge in [-0.3, -0.25) is 9.80 Å². The van der Waals surface area contributed by atoms with Crippen molar-refractivity contribution < 1.29 is 24.8 Å². The second-order valence-electron chi connectivity index (χ2n) is 12.8. The van der Waals surface area contributed by atoms with E-state index in [1.165, 1.54) is 22.3 Å². The molecule has 8 rings (SSSR count). The van der Waals surface area contributed by atoms with E-state index in [4.69, 9.17) is 4.74 Å². The molecule has 0 unspecified atom stereocenters. The molecule has 4 heterocycles. The van der Waals surface area contributed by atoms with Crippen LogP contribution in [0.2, 0.25) is 0 Å². The number of aromatic nitrogens is 4. The summed E-state index contributed by atoms with van der Waals surface area (Å²) in [5.41, 5.74) is 9.34. The monoisotopic (exact) mass is 895 g/mol. The average molecular weight is 895 g/mol. The van der Waals surface area contributed by atoms with E-state index in [1.54, 1.807) is 24.8 Å². The van der Waals surface area contributed by atoms with Gasteiger partial charge in [-0.15, -0.1) is 18.4 Å². The smallest absolute Gasteiger partial charge is 0.221 e. The number of benzene rings is 4. The first-order valence-electron chi connectivity index (χ1n) is 18.6. The van der Waals surface area contributed by atoms with Crippen molar-refractivity contribution in [1.82, 2.24) is 19.9 Å². The first-order valence-corrected chi connectivity index (χ1v) is 18.6. The van der Waals surface area contributed by atoms with Crippen molar-refractivity contribution >= 4 is 46.0 Å². The fraction of sp³-hybridized carbons (Fsp3) is 0.250. The summed E-state index contributed by atoms with van der Waals surface area (Å²) >= 11 is 0. The van der Waals surface area contributed by atoms with Gasteiger partial charge in [0.05, 0.1) is 0 Å². The molecule has 2 aliphatic rings. The molecule has 2 aromatic heterocycles. The van der Waals surface area contributed by atoms with Crippen molar-refractivity contribution in [3.05, 3.63) is 151 Å². The van der Waals surface area contributed by atoms with Crippen LogP contribution in [0.25, 0.3) is 0 Å². The quantitative estimate of drug-likeness (QED) is 0.125. The number of fused-ring (bicyclic) bond motifs is 2. The molecule has 0 N–H and O–H groups in total. The standard InChI is InChI=1S/C23H26N4O.C21H20N4.Ir/c1-4-17-7-11-19(12-8-17)26-21-22(25-16-15-24-21)27(23(26)28-6-3)20-13-9-18(5-2)10-14-20;1-3-16-5-9-18(10-6-16)24-15-25(21-20(24)22-13-14-23-21)19-11-7-17(4-2)8-12-19;/h7-16,23H,4-6H2,1-3H3;5-11,13-15H,3-4H2,1-2H3;/q;-2;. The van der Waals surface area contributed by atoms with E-state index >= 15 is 0 Å². The Morgan fingerprint density at radius 2 is 0.926 bits per heavy atom. The van der Waals surface area contributed by atoms with Crippen LogP contribution in [0.3, 0.4) is 0 Å². The normalized spacial score (nSPS) is 13.3. The SMILES string of the molecule is CCOC1N(c2ccc(CC)cc2)c2nccnc2N1c1ccc(CC)cc1.CCc1c[c-]c(N2[CH-]N(c3ccc(CC)cc3)c3nccnc32)cc1.[Ir]. The number of rotatable bonds is 10. The van der Waals surface area contributed by atoms with E-state index in [1.807, 2.05) is 24.6 Å². The minimum Gasteiger partial charge on any atom is -0.477 e. The fourth-order valence-electron chi connectivity index (χ4n) is 6.53. The van der Waals surface area contributed by atoms with Gasteiger partial charge >= 0.3 is 0 Å². The minimum atomic E-state index is -0.331. The van der Waals surface area contributed by atoms with E-state index < -0.39 is 0 Å². The Labute approximate surface area is 333 Å². The largest absolute Gasteiger partial charge is 0.477 e. The molecule has 0 fully saturated rings. The number of anilines is 8. The summed E-state index contributed by atoms with van der Waals surface area (Å²) in [6.45, 7) is 13.3. The van der Waals surface area contributed by atoms with Gasteiger partial charge in [-0.1, -0.05) is 70.5 Å². The molecular formula is C44H46IrN8O-2. The Balaban J connectivity index is 0.000000182. The third kappa shape index (κ3) is 7.87. The molecule has 279 valence electrons. The van der Waals surface area contributed by atoms with Crippen molar-refractivity contribution in [3.8, 4) is 0 Å². The summed E-state index contributed by atoms with van der Waals surface area (Å²) < 4.78 is 6.20. The van der Waals surface area contributed by atoms with E-state index in [0.29, 0.717) is 6.61 Å². The molecule has 0 aliphatic carbocycles. The van der Waals surface area contributed by atoms with Gasteiger partial charge in [-0.25, -0.2) is 19.9 Å². The van der Waals surface area contributed by atoms with Crippen molar-refractivity contribution in [2.45, 2.75) is 66.7 Å². The Morgan fingerprint density at radius 3 is 1.33 bits per heavy atom. The van der Waals surface area contributed by atoms with E-state index in [-0.39, 0.29) is 26.5 Å². The second-order valence-corrected chi connectivity index (χ2v) is 12.8. The van der Waals surface area contributed by atoms with Crippen LogP contribution in [0.5, 0.6) is 0 Å². The topological polar surface area (TPSA) is 73.8 Å². The summed E-state index contributed by atoms with van der Waals surface area (Å²) in [5.74, 6) is 3.27. The fourth-order valence-corrected chi connectivity index (χ4v) is 6.53. The van der Waals surface area contributed by atoms with Crippen LogP contribution in [0.15, 0.2) is 116 Å². The summed E-state index contributed by atoms with van der Waals surface area (Å²) in [6.07, 6.45) is 10.7. The van der Waals surface area contributed by atoms with Crippen molar-refractivity contribution in [3.63, 3.8) is 0 Å². The van der Waals surface area contributed by atoms with Gasteiger partial charge in [-0.05, 0) is 79.3 Å². The van der Waals surface area contributed by atoms with Gasteiger partial charge in [0.1, 0.15) is 11.6 Å². The molecule has 1 radical (unpaired) electrons.